The summed E-state index contributed by atoms with van der Waals surface area (Å²) in [7, 11) is 0. The Kier molecular flexibility index (Phi) is 7.47. The van der Waals surface area contributed by atoms with Crippen LogP contribution in [-0.4, -0.2) is 36.5 Å². The van der Waals surface area contributed by atoms with Gasteiger partial charge in [-0.15, -0.1) is 0 Å². The molecule has 2 aromatic rings. The van der Waals surface area contributed by atoms with Gasteiger partial charge in [0.2, 0.25) is 5.89 Å². The average Bonchev–Trinajstić information content (AvgIpc) is 2.94. The van der Waals surface area contributed by atoms with Crippen LogP contribution in [0.3, 0.4) is 0 Å². The molecule has 0 unspecified atom stereocenters. The molecule has 0 aliphatic rings. The van der Waals surface area contributed by atoms with Crippen LogP contribution in [0.2, 0.25) is 5.02 Å². The van der Waals surface area contributed by atoms with E-state index in [1.165, 1.54) is 0 Å². The van der Waals surface area contributed by atoms with Crippen molar-refractivity contribution >= 4 is 23.5 Å². The van der Waals surface area contributed by atoms with Crippen molar-refractivity contribution in [1.29, 1.82) is 0 Å². The Morgan fingerprint density at radius 3 is 2.46 bits per heavy atom. The minimum atomic E-state index is -0.142. The third-order valence-corrected chi connectivity index (χ3v) is 3.85. The SMILES string of the molecule is CCNC(=NCc1nc(C)c(C)o1)NCCNC(=O)c1ccc(Cl)cc1. The van der Waals surface area contributed by atoms with Gasteiger partial charge in [-0.1, -0.05) is 11.6 Å². The molecule has 0 spiro atoms. The Hall–Kier alpha value is -2.54. The van der Waals surface area contributed by atoms with E-state index in [4.69, 9.17) is 16.0 Å². The zero-order valence-electron chi connectivity index (χ0n) is 15.2. The maximum absolute atomic E-state index is 12.0. The Labute approximate surface area is 158 Å². The first kappa shape index (κ1) is 19.8. The van der Waals surface area contributed by atoms with Gasteiger partial charge in [-0.3, -0.25) is 4.79 Å². The molecule has 140 valence electrons. The second-order valence-corrected chi connectivity index (χ2v) is 6.07. The Bertz CT molecular complexity index is 736. The molecule has 0 aliphatic heterocycles. The highest BCUT2D eigenvalue weighted by Gasteiger charge is 2.06. The minimum absolute atomic E-state index is 0.142. The maximum Gasteiger partial charge on any atom is 0.251 e. The predicted octanol–water partition coefficient (Wildman–Crippen LogP) is 2.43. The molecule has 0 atom stereocenters. The van der Waals surface area contributed by atoms with Crippen molar-refractivity contribution in [3.63, 3.8) is 0 Å². The first-order valence-electron chi connectivity index (χ1n) is 8.48. The third-order valence-electron chi connectivity index (χ3n) is 3.60. The molecule has 1 heterocycles. The monoisotopic (exact) mass is 377 g/mol. The van der Waals surface area contributed by atoms with Crippen LogP contribution in [0, 0.1) is 13.8 Å². The molecule has 1 aromatic carbocycles. The van der Waals surface area contributed by atoms with Gasteiger partial charge in [-0.05, 0) is 45.0 Å². The molecule has 1 aromatic heterocycles. The van der Waals surface area contributed by atoms with Gasteiger partial charge in [-0.2, -0.15) is 0 Å². The van der Waals surface area contributed by atoms with Crippen molar-refractivity contribution in [2.75, 3.05) is 19.6 Å². The van der Waals surface area contributed by atoms with Crippen LogP contribution in [0.1, 0.15) is 34.6 Å². The molecule has 0 radical (unpaired) electrons. The molecule has 0 saturated heterocycles. The summed E-state index contributed by atoms with van der Waals surface area (Å²) in [6.07, 6.45) is 0. The number of halogens is 1. The normalized spacial score (nSPS) is 11.3. The van der Waals surface area contributed by atoms with Crippen molar-refractivity contribution < 1.29 is 9.21 Å². The largest absolute Gasteiger partial charge is 0.444 e. The number of benzene rings is 1. The molecule has 0 aliphatic carbocycles. The quantitative estimate of drug-likeness (QED) is 0.391. The molecule has 7 nitrogen and oxygen atoms in total. The van der Waals surface area contributed by atoms with Gasteiger partial charge in [0.25, 0.3) is 5.91 Å². The Morgan fingerprint density at radius 2 is 1.85 bits per heavy atom. The van der Waals surface area contributed by atoms with Gasteiger partial charge >= 0.3 is 0 Å². The number of amides is 1. The number of guanidine groups is 1. The second-order valence-electron chi connectivity index (χ2n) is 5.63. The zero-order valence-corrected chi connectivity index (χ0v) is 16.0. The first-order valence-corrected chi connectivity index (χ1v) is 8.86. The number of oxazole rings is 1. The van der Waals surface area contributed by atoms with E-state index in [1.54, 1.807) is 24.3 Å². The standard InChI is InChI=1S/C18H24ClN5O2/c1-4-20-18(23-11-16-24-12(2)13(3)26-16)22-10-9-21-17(25)14-5-7-15(19)8-6-14/h5-8H,4,9-11H2,1-3H3,(H,21,25)(H2,20,22,23). The number of aromatic nitrogens is 1. The fraction of sp³-hybridized carbons (Fsp3) is 0.389. The summed E-state index contributed by atoms with van der Waals surface area (Å²) < 4.78 is 5.52. The number of nitrogens with one attached hydrogen (secondary N) is 3. The summed E-state index contributed by atoms with van der Waals surface area (Å²) in [4.78, 5) is 20.8. The van der Waals surface area contributed by atoms with Crippen molar-refractivity contribution in [3.05, 3.63) is 52.2 Å². The number of rotatable bonds is 7. The molecule has 0 fully saturated rings. The molecular weight excluding hydrogens is 354 g/mol. The fourth-order valence-electron chi connectivity index (χ4n) is 2.16. The Morgan fingerprint density at radius 1 is 1.15 bits per heavy atom. The van der Waals surface area contributed by atoms with E-state index in [-0.39, 0.29) is 5.91 Å². The highest BCUT2D eigenvalue weighted by atomic mass is 35.5. The van der Waals surface area contributed by atoms with Gasteiger partial charge < -0.3 is 20.4 Å². The van der Waals surface area contributed by atoms with Crippen LogP contribution in [0.15, 0.2) is 33.7 Å². The van der Waals surface area contributed by atoms with Crippen LogP contribution >= 0.6 is 11.6 Å². The van der Waals surface area contributed by atoms with Crippen LogP contribution in [0.25, 0.3) is 0 Å². The van der Waals surface area contributed by atoms with Crippen molar-refractivity contribution in [2.45, 2.75) is 27.3 Å². The van der Waals surface area contributed by atoms with Crippen molar-refractivity contribution in [3.8, 4) is 0 Å². The number of aryl methyl sites for hydroxylation is 2. The molecule has 8 heteroatoms. The van der Waals surface area contributed by atoms with Crippen LogP contribution in [0.4, 0.5) is 0 Å². The highest BCUT2D eigenvalue weighted by molar-refractivity contribution is 6.30. The smallest absolute Gasteiger partial charge is 0.251 e. The number of hydrogen-bond donors (Lipinski definition) is 3. The second kappa shape index (κ2) is 9.82. The minimum Gasteiger partial charge on any atom is -0.444 e. The molecule has 0 bridgehead atoms. The third kappa shape index (κ3) is 6.07. The Balaban J connectivity index is 1.79. The van der Waals surface area contributed by atoms with Gasteiger partial charge in [0, 0.05) is 30.2 Å². The summed E-state index contributed by atoms with van der Waals surface area (Å²) in [5.74, 6) is 1.88. The number of hydrogen-bond acceptors (Lipinski definition) is 4. The lowest BCUT2D eigenvalue weighted by Crippen LogP contribution is -2.41. The first-order chi connectivity index (χ1) is 12.5. The lowest BCUT2D eigenvalue weighted by Gasteiger charge is -2.11. The van der Waals surface area contributed by atoms with Gasteiger partial charge in [0.1, 0.15) is 12.3 Å². The lowest BCUT2D eigenvalue weighted by molar-refractivity contribution is 0.0954. The van der Waals surface area contributed by atoms with Crippen molar-refractivity contribution in [1.82, 2.24) is 20.9 Å². The number of carbonyl (C=O) groups is 1. The molecule has 26 heavy (non-hydrogen) atoms. The summed E-state index contributed by atoms with van der Waals surface area (Å²) in [5, 5.41) is 9.75. The lowest BCUT2D eigenvalue weighted by atomic mass is 10.2. The van der Waals surface area contributed by atoms with Crippen LogP contribution < -0.4 is 16.0 Å². The number of nitrogens with zero attached hydrogens (tertiary/aromatic N) is 2. The van der Waals surface area contributed by atoms with E-state index in [2.05, 4.69) is 25.9 Å². The summed E-state index contributed by atoms with van der Waals surface area (Å²) in [6, 6.07) is 6.77. The maximum atomic E-state index is 12.0. The topological polar surface area (TPSA) is 91.6 Å². The van der Waals surface area contributed by atoms with Gasteiger partial charge in [-0.25, -0.2) is 9.98 Å². The zero-order chi connectivity index (χ0) is 18.9. The number of carbonyl (C=O) groups excluding carboxylic acids is 1. The van der Waals surface area contributed by atoms with Gasteiger partial charge in [0.05, 0.1) is 5.69 Å². The molecule has 0 saturated carbocycles. The summed E-state index contributed by atoms with van der Waals surface area (Å²) >= 11 is 5.82. The number of aliphatic imine (C=N–C) groups is 1. The van der Waals surface area contributed by atoms with E-state index in [0.717, 1.165) is 18.0 Å². The van der Waals surface area contributed by atoms with Crippen molar-refractivity contribution in [2.24, 2.45) is 4.99 Å². The molecule has 3 N–H and O–H groups in total. The van der Waals surface area contributed by atoms with Crippen LogP contribution in [-0.2, 0) is 6.54 Å². The highest BCUT2D eigenvalue weighted by Crippen LogP contribution is 2.09. The van der Waals surface area contributed by atoms with E-state index < -0.39 is 0 Å². The molecular formula is C18H24ClN5O2. The van der Waals surface area contributed by atoms with E-state index in [9.17, 15) is 4.79 Å². The fourth-order valence-corrected chi connectivity index (χ4v) is 2.28. The van der Waals surface area contributed by atoms with E-state index >= 15 is 0 Å². The van der Waals surface area contributed by atoms with Crippen LogP contribution in [0.5, 0.6) is 0 Å². The summed E-state index contributed by atoms with van der Waals surface area (Å²) in [6.45, 7) is 7.84. The summed E-state index contributed by atoms with van der Waals surface area (Å²) in [5.41, 5.74) is 1.45. The molecule has 1 amide bonds. The van der Waals surface area contributed by atoms with Gasteiger partial charge in [0.15, 0.2) is 5.96 Å². The molecule has 2 rings (SSSR count). The van der Waals surface area contributed by atoms with E-state index in [0.29, 0.717) is 42.1 Å². The van der Waals surface area contributed by atoms with E-state index in [1.807, 2.05) is 20.8 Å². The average molecular weight is 378 g/mol. The predicted molar refractivity (Wildman–Crippen MR) is 103 cm³/mol.